The van der Waals surface area contributed by atoms with E-state index in [1.165, 1.54) is 11.8 Å². The largest absolute Gasteiger partial charge is 0.308 e. The molecule has 0 bridgehead atoms. The minimum Gasteiger partial charge on any atom is -0.308 e. The van der Waals surface area contributed by atoms with Crippen molar-refractivity contribution in [2.45, 2.75) is 36.7 Å². The van der Waals surface area contributed by atoms with Crippen molar-refractivity contribution in [1.29, 1.82) is 0 Å². The van der Waals surface area contributed by atoms with E-state index in [0.29, 0.717) is 5.82 Å². The molecule has 0 unspecified atom stereocenters. The van der Waals surface area contributed by atoms with Crippen molar-refractivity contribution in [2.75, 3.05) is 5.43 Å². The number of nitrogen functional groups attached to an aromatic ring is 1. The van der Waals surface area contributed by atoms with E-state index in [0.717, 1.165) is 38.8 Å². The van der Waals surface area contributed by atoms with Crippen LogP contribution in [0.4, 0.5) is 5.82 Å². The summed E-state index contributed by atoms with van der Waals surface area (Å²) in [5, 5.41) is 1.75. The van der Waals surface area contributed by atoms with Crippen molar-refractivity contribution >= 4 is 33.5 Å². The first-order valence-corrected chi connectivity index (χ1v) is 7.89. The van der Waals surface area contributed by atoms with Crippen LogP contribution in [-0.2, 0) is 6.42 Å². The Kier molecular flexibility index (Phi) is 5.33. The Bertz CT molecular complexity index is 605. The molecule has 106 valence electrons. The molecule has 0 aliphatic heterocycles. The summed E-state index contributed by atoms with van der Waals surface area (Å²) in [5.74, 6) is 6.99. The second-order valence-corrected chi connectivity index (χ2v) is 6.04. The Labute approximate surface area is 130 Å². The van der Waals surface area contributed by atoms with Gasteiger partial charge < -0.3 is 5.43 Å². The first-order valence-electron chi connectivity index (χ1n) is 6.28. The third kappa shape index (κ3) is 3.47. The van der Waals surface area contributed by atoms with Gasteiger partial charge in [0.1, 0.15) is 21.7 Å². The Balaban J connectivity index is 2.39. The van der Waals surface area contributed by atoms with E-state index < -0.39 is 0 Å². The van der Waals surface area contributed by atoms with E-state index in [2.05, 4.69) is 43.2 Å². The van der Waals surface area contributed by atoms with Gasteiger partial charge >= 0.3 is 0 Å². The maximum absolute atomic E-state index is 5.53. The van der Waals surface area contributed by atoms with Gasteiger partial charge in [-0.2, -0.15) is 0 Å². The normalized spacial score (nSPS) is 10.6. The van der Waals surface area contributed by atoms with Crippen molar-refractivity contribution in [2.24, 2.45) is 5.84 Å². The van der Waals surface area contributed by atoms with Crippen LogP contribution < -0.4 is 11.3 Å². The molecule has 2 rings (SSSR count). The van der Waals surface area contributed by atoms with Gasteiger partial charge in [-0.1, -0.05) is 6.92 Å². The van der Waals surface area contributed by atoms with E-state index >= 15 is 0 Å². The monoisotopic (exact) mass is 353 g/mol. The number of nitrogens with two attached hydrogens (primary N) is 1. The van der Waals surface area contributed by atoms with Gasteiger partial charge in [0.15, 0.2) is 0 Å². The highest BCUT2D eigenvalue weighted by Crippen LogP contribution is 2.33. The van der Waals surface area contributed by atoms with Crippen LogP contribution in [0.25, 0.3) is 0 Å². The highest BCUT2D eigenvalue weighted by Gasteiger charge is 2.13. The van der Waals surface area contributed by atoms with Crippen molar-refractivity contribution < 1.29 is 0 Å². The standard InChI is InChI=1S/C13H16BrN5S/c1-3-5-10-17-11(19-15)8(2)12(18-10)20-13-9(14)6-4-7-16-13/h4,6-7H,3,5,15H2,1-2H3,(H,17,18,19). The summed E-state index contributed by atoms with van der Waals surface area (Å²) in [4.78, 5) is 13.4. The molecule has 0 fully saturated rings. The molecule has 7 heteroatoms. The first-order chi connectivity index (χ1) is 9.65. The fraction of sp³-hybridized carbons (Fsp3) is 0.308. The van der Waals surface area contributed by atoms with Gasteiger partial charge in [0.2, 0.25) is 0 Å². The minimum absolute atomic E-state index is 0.665. The van der Waals surface area contributed by atoms with E-state index in [4.69, 9.17) is 5.84 Å². The molecule has 2 aromatic heterocycles. The number of halogens is 1. The average molecular weight is 354 g/mol. The summed E-state index contributed by atoms with van der Waals surface area (Å²) < 4.78 is 0.947. The van der Waals surface area contributed by atoms with Crippen LogP contribution in [0.3, 0.4) is 0 Å². The topological polar surface area (TPSA) is 76.7 Å². The van der Waals surface area contributed by atoms with Crippen LogP contribution in [0, 0.1) is 6.92 Å². The quantitative estimate of drug-likeness (QED) is 0.487. The van der Waals surface area contributed by atoms with Gasteiger partial charge in [-0.25, -0.2) is 20.8 Å². The molecule has 0 saturated carbocycles. The van der Waals surface area contributed by atoms with Crippen molar-refractivity contribution in [3.05, 3.63) is 34.2 Å². The zero-order valence-corrected chi connectivity index (χ0v) is 13.8. The number of nitrogens with one attached hydrogen (secondary N) is 1. The summed E-state index contributed by atoms with van der Waals surface area (Å²) in [5.41, 5.74) is 3.56. The molecule has 5 nitrogen and oxygen atoms in total. The highest BCUT2D eigenvalue weighted by molar-refractivity contribution is 9.10. The van der Waals surface area contributed by atoms with Crippen molar-refractivity contribution in [3.63, 3.8) is 0 Å². The molecule has 0 radical (unpaired) electrons. The maximum atomic E-state index is 5.53. The first kappa shape index (κ1) is 15.2. The van der Waals surface area contributed by atoms with Gasteiger partial charge in [0.05, 0.1) is 4.47 Å². The van der Waals surface area contributed by atoms with E-state index in [9.17, 15) is 0 Å². The smallest absolute Gasteiger partial charge is 0.147 e. The Morgan fingerprint density at radius 2 is 2.15 bits per heavy atom. The molecule has 3 N–H and O–H groups in total. The molecule has 20 heavy (non-hydrogen) atoms. The molecule has 0 aromatic carbocycles. The molecule has 0 aliphatic carbocycles. The van der Waals surface area contributed by atoms with Crippen LogP contribution in [0.2, 0.25) is 0 Å². The molecular formula is C13H16BrN5S. The zero-order chi connectivity index (χ0) is 14.5. The highest BCUT2D eigenvalue weighted by atomic mass is 79.9. The summed E-state index contributed by atoms with van der Waals surface area (Å²) in [6, 6.07) is 3.84. The number of anilines is 1. The SMILES string of the molecule is CCCc1nc(NN)c(C)c(Sc2ncccc2Br)n1. The average Bonchev–Trinajstić information content (AvgIpc) is 2.45. The van der Waals surface area contributed by atoms with Crippen LogP contribution in [0.1, 0.15) is 24.7 Å². The summed E-state index contributed by atoms with van der Waals surface area (Å²) in [7, 11) is 0. The Hall–Kier alpha value is -1.18. The van der Waals surface area contributed by atoms with E-state index in [1.807, 2.05) is 19.1 Å². The van der Waals surface area contributed by atoms with Gasteiger partial charge in [-0.05, 0) is 53.2 Å². The summed E-state index contributed by atoms with van der Waals surface area (Å²) in [6.45, 7) is 4.05. The van der Waals surface area contributed by atoms with Crippen LogP contribution in [-0.4, -0.2) is 15.0 Å². The predicted octanol–water partition coefficient (Wildman–Crippen LogP) is 3.33. The third-order valence-corrected chi connectivity index (χ3v) is 4.69. The third-order valence-electron chi connectivity index (χ3n) is 2.68. The lowest BCUT2D eigenvalue weighted by Crippen LogP contribution is -2.13. The van der Waals surface area contributed by atoms with Crippen LogP contribution in [0.5, 0.6) is 0 Å². The molecular weight excluding hydrogens is 338 g/mol. The fourth-order valence-electron chi connectivity index (χ4n) is 1.65. The molecule has 0 aliphatic rings. The van der Waals surface area contributed by atoms with Crippen LogP contribution in [0.15, 0.2) is 32.9 Å². The number of hydrogen-bond acceptors (Lipinski definition) is 6. The molecule has 2 heterocycles. The van der Waals surface area contributed by atoms with Gasteiger partial charge in [-0.3, -0.25) is 0 Å². The Morgan fingerprint density at radius 1 is 1.35 bits per heavy atom. The number of hydrazine groups is 1. The second kappa shape index (κ2) is 7.01. The van der Waals surface area contributed by atoms with E-state index in [-0.39, 0.29) is 0 Å². The van der Waals surface area contributed by atoms with E-state index in [1.54, 1.807) is 6.20 Å². The zero-order valence-electron chi connectivity index (χ0n) is 11.4. The predicted molar refractivity (Wildman–Crippen MR) is 84.6 cm³/mol. The maximum Gasteiger partial charge on any atom is 0.147 e. The Morgan fingerprint density at radius 3 is 2.80 bits per heavy atom. The number of hydrogen-bond donors (Lipinski definition) is 2. The lowest BCUT2D eigenvalue weighted by Gasteiger charge is -2.11. The fourth-order valence-corrected chi connectivity index (χ4v) is 3.01. The molecule has 0 atom stereocenters. The molecule has 0 amide bonds. The number of rotatable bonds is 5. The molecule has 0 saturated heterocycles. The number of aromatic nitrogens is 3. The van der Waals surface area contributed by atoms with Gasteiger partial charge in [0, 0.05) is 18.2 Å². The molecule has 0 spiro atoms. The lowest BCUT2D eigenvalue weighted by atomic mass is 10.3. The van der Waals surface area contributed by atoms with Crippen LogP contribution >= 0.6 is 27.7 Å². The number of nitrogens with zero attached hydrogens (tertiary/aromatic N) is 3. The number of aryl methyl sites for hydroxylation is 1. The van der Waals surface area contributed by atoms with Crippen molar-refractivity contribution in [1.82, 2.24) is 15.0 Å². The second-order valence-electron chi connectivity index (χ2n) is 4.21. The lowest BCUT2D eigenvalue weighted by molar-refractivity contribution is 0.802. The summed E-state index contributed by atoms with van der Waals surface area (Å²) in [6.07, 6.45) is 3.58. The minimum atomic E-state index is 0.665. The summed E-state index contributed by atoms with van der Waals surface area (Å²) >= 11 is 5.00. The van der Waals surface area contributed by atoms with Crippen molar-refractivity contribution in [3.8, 4) is 0 Å². The van der Waals surface area contributed by atoms with Gasteiger partial charge in [0.25, 0.3) is 0 Å². The molecule has 2 aromatic rings. The van der Waals surface area contributed by atoms with Gasteiger partial charge in [-0.15, -0.1) is 0 Å². The number of pyridine rings is 1.